The van der Waals surface area contributed by atoms with Gasteiger partial charge in [-0.05, 0) is 80.5 Å². The average molecular weight is 375 g/mol. The Labute approximate surface area is 163 Å². The number of rotatable bonds is 2. The fourth-order valence-corrected chi connectivity index (χ4v) is 6.42. The molecule has 3 bridgehead atoms. The fourth-order valence-electron chi connectivity index (χ4n) is 6.42. The highest BCUT2D eigenvalue weighted by Crippen LogP contribution is 2.55. The van der Waals surface area contributed by atoms with E-state index in [2.05, 4.69) is 5.32 Å². The summed E-state index contributed by atoms with van der Waals surface area (Å²) in [6, 6.07) is 13.8. The van der Waals surface area contributed by atoms with E-state index >= 15 is 0 Å². The standard InChI is InChI=1S/C24H25NO3/c26-23(15-6-8-22-18(10-15)17-3-1-2-4-21(17)28-22)25-20-7-5-14-9-16-12-24(27,11-14)13-19(16)20/h1-4,6,8,10,14,16,19-20,27H,5,7,9,11-13H2,(H,25,26). The zero-order valence-electron chi connectivity index (χ0n) is 15.9. The maximum Gasteiger partial charge on any atom is 0.251 e. The SMILES string of the molecule is O=C(NC1CCC2CC3CC(O)(C2)CC31)c1ccc2oc3ccccc3c2c1. The molecule has 6 rings (SSSR count). The van der Waals surface area contributed by atoms with Crippen molar-refractivity contribution in [3.63, 3.8) is 0 Å². The normalized spacial score (nSPS) is 34.0. The highest BCUT2D eigenvalue weighted by Gasteiger charge is 2.53. The van der Waals surface area contributed by atoms with E-state index in [9.17, 15) is 9.90 Å². The first-order chi connectivity index (χ1) is 13.6. The molecule has 5 unspecified atom stereocenters. The molecule has 1 amide bonds. The summed E-state index contributed by atoms with van der Waals surface area (Å²) >= 11 is 0. The largest absolute Gasteiger partial charge is 0.456 e. The van der Waals surface area contributed by atoms with Crippen LogP contribution in [0.25, 0.3) is 21.9 Å². The first-order valence-corrected chi connectivity index (χ1v) is 10.5. The number of aliphatic hydroxyl groups is 1. The van der Waals surface area contributed by atoms with Crippen molar-refractivity contribution in [2.75, 3.05) is 0 Å². The third kappa shape index (κ3) is 2.51. The van der Waals surface area contributed by atoms with Gasteiger partial charge >= 0.3 is 0 Å². The van der Waals surface area contributed by atoms with Gasteiger partial charge in [0.1, 0.15) is 11.2 Å². The number of fused-ring (bicyclic) bond motifs is 5. The maximum atomic E-state index is 13.1. The van der Waals surface area contributed by atoms with Gasteiger partial charge in [-0.3, -0.25) is 4.79 Å². The molecule has 4 heteroatoms. The van der Waals surface area contributed by atoms with Gasteiger partial charge in [0.15, 0.2) is 0 Å². The second-order valence-corrected chi connectivity index (χ2v) is 9.33. The van der Waals surface area contributed by atoms with Crippen molar-refractivity contribution in [1.29, 1.82) is 0 Å². The van der Waals surface area contributed by atoms with E-state index in [1.54, 1.807) is 0 Å². The van der Waals surface area contributed by atoms with E-state index in [-0.39, 0.29) is 11.9 Å². The lowest BCUT2D eigenvalue weighted by molar-refractivity contribution is -0.00594. The monoisotopic (exact) mass is 375 g/mol. The van der Waals surface area contributed by atoms with Crippen molar-refractivity contribution in [3.8, 4) is 0 Å². The minimum absolute atomic E-state index is 0.00889. The molecule has 2 aromatic carbocycles. The summed E-state index contributed by atoms with van der Waals surface area (Å²) in [5.74, 6) is 1.60. The van der Waals surface area contributed by atoms with Crippen LogP contribution in [0.2, 0.25) is 0 Å². The molecule has 0 spiro atoms. The molecule has 0 radical (unpaired) electrons. The molecule has 3 aliphatic carbocycles. The van der Waals surface area contributed by atoms with Crippen LogP contribution in [-0.4, -0.2) is 22.7 Å². The quantitative estimate of drug-likeness (QED) is 0.686. The molecule has 144 valence electrons. The Morgan fingerprint density at radius 1 is 1.04 bits per heavy atom. The molecular weight excluding hydrogens is 350 g/mol. The smallest absolute Gasteiger partial charge is 0.251 e. The van der Waals surface area contributed by atoms with Crippen molar-refractivity contribution in [1.82, 2.24) is 5.32 Å². The molecule has 5 atom stereocenters. The number of furan rings is 1. The molecular formula is C24H25NO3. The van der Waals surface area contributed by atoms with E-state index in [1.165, 1.54) is 6.42 Å². The Morgan fingerprint density at radius 2 is 1.89 bits per heavy atom. The number of carbonyl (C=O) groups is 1. The summed E-state index contributed by atoms with van der Waals surface area (Å²) in [5, 5.41) is 16.2. The Balaban J connectivity index is 1.29. The lowest BCUT2D eigenvalue weighted by atomic mass is 9.77. The van der Waals surface area contributed by atoms with Gasteiger partial charge in [-0.1, -0.05) is 18.2 Å². The van der Waals surface area contributed by atoms with Gasteiger partial charge in [0.2, 0.25) is 0 Å². The summed E-state index contributed by atoms with van der Waals surface area (Å²) in [5.41, 5.74) is 1.86. The van der Waals surface area contributed by atoms with Crippen molar-refractivity contribution < 1.29 is 14.3 Å². The first-order valence-electron chi connectivity index (χ1n) is 10.5. The Kier molecular flexibility index (Phi) is 3.46. The van der Waals surface area contributed by atoms with Crippen LogP contribution >= 0.6 is 0 Å². The van der Waals surface area contributed by atoms with Gasteiger partial charge in [0.05, 0.1) is 5.60 Å². The number of hydrogen-bond donors (Lipinski definition) is 2. The molecule has 28 heavy (non-hydrogen) atoms. The first kappa shape index (κ1) is 16.6. The molecule has 0 saturated heterocycles. The molecule has 3 aromatic rings. The van der Waals surface area contributed by atoms with Crippen molar-refractivity contribution in [2.24, 2.45) is 17.8 Å². The van der Waals surface area contributed by atoms with Crippen LogP contribution in [0.1, 0.15) is 48.9 Å². The van der Waals surface area contributed by atoms with E-state index in [0.29, 0.717) is 23.3 Å². The van der Waals surface area contributed by atoms with Crippen molar-refractivity contribution >= 4 is 27.8 Å². The summed E-state index contributed by atoms with van der Waals surface area (Å²) in [4.78, 5) is 13.1. The highest BCUT2D eigenvalue weighted by molar-refractivity contribution is 6.08. The molecule has 3 fully saturated rings. The number of hydrogen-bond acceptors (Lipinski definition) is 3. The minimum Gasteiger partial charge on any atom is -0.456 e. The topological polar surface area (TPSA) is 62.5 Å². The highest BCUT2D eigenvalue weighted by atomic mass is 16.3. The zero-order valence-corrected chi connectivity index (χ0v) is 15.9. The van der Waals surface area contributed by atoms with Gasteiger partial charge < -0.3 is 14.8 Å². The van der Waals surface area contributed by atoms with E-state index in [4.69, 9.17) is 4.42 Å². The second-order valence-electron chi connectivity index (χ2n) is 9.33. The molecule has 0 aliphatic heterocycles. The van der Waals surface area contributed by atoms with Crippen LogP contribution in [0.3, 0.4) is 0 Å². The Bertz CT molecular complexity index is 1090. The van der Waals surface area contributed by atoms with Crippen molar-refractivity contribution in [2.45, 2.75) is 50.2 Å². The molecule has 3 saturated carbocycles. The average Bonchev–Trinajstić information content (AvgIpc) is 3.14. The fraction of sp³-hybridized carbons (Fsp3) is 0.458. The lowest BCUT2D eigenvalue weighted by Gasteiger charge is -2.33. The molecule has 1 heterocycles. The summed E-state index contributed by atoms with van der Waals surface area (Å²) in [6.07, 6.45) is 6.12. The second kappa shape index (κ2) is 5.84. The predicted molar refractivity (Wildman–Crippen MR) is 108 cm³/mol. The van der Waals surface area contributed by atoms with Crippen molar-refractivity contribution in [3.05, 3.63) is 48.0 Å². The predicted octanol–water partition coefficient (Wildman–Crippen LogP) is 4.65. The summed E-state index contributed by atoms with van der Waals surface area (Å²) in [7, 11) is 0. The number of para-hydroxylation sites is 1. The summed E-state index contributed by atoms with van der Waals surface area (Å²) < 4.78 is 5.88. The lowest BCUT2D eigenvalue weighted by Crippen LogP contribution is -2.41. The Hall–Kier alpha value is -2.33. The van der Waals surface area contributed by atoms with Gasteiger partial charge in [-0.25, -0.2) is 0 Å². The molecule has 4 nitrogen and oxygen atoms in total. The van der Waals surface area contributed by atoms with Gasteiger partial charge in [-0.15, -0.1) is 0 Å². The van der Waals surface area contributed by atoms with Crippen LogP contribution in [0, 0.1) is 17.8 Å². The van der Waals surface area contributed by atoms with E-state index in [1.807, 2.05) is 42.5 Å². The maximum absolute atomic E-state index is 13.1. The van der Waals surface area contributed by atoms with Gasteiger partial charge in [0.25, 0.3) is 5.91 Å². The minimum atomic E-state index is -0.476. The number of nitrogens with one attached hydrogen (secondary N) is 1. The Morgan fingerprint density at radius 3 is 2.82 bits per heavy atom. The third-order valence-corrected chi connectivity index (χ3v) is 7.53. The summed E-state index contributed by atoms with van der Waals surface area (Å²) in [6.45, 7) is 0. The van der Waals surface area contributed by atoms with Crippen LogP contribution < -0.4 is 5.32 Å². The van der Waals surface area contributed by atoms with Gasteiger partial charge in [-0.2, -0.15) is 0 Å². The molecule has 1 aromatic heterocycles. The van der Waals surface area contributed by atoms with E-state index < -0.39 is 5.60 Å². The number of amides is 1. The van der Waals surface area contributed by atoms with Crippen LogP contribution in [0.5, 0.6) is 0 Å². The van der Waals surface area contributed by atoms with Crippen LogP contribution in [0.15, 0.2) is 46.9 Å². The third-order valence-electron chi connectivity index (χ3n) is 7.53. The molecule has 2 N–H and O–H groups in total. The number of carbonyl (C=O) groups excluding carboxylic acids is 1. The molecule has 3 aliphatic rings. The van der Waals surface area contributed by atoms with Crippen LogP contribution in [-0.2, 0) is 0 Å². The number of benzene rings is 2. The van der Waals surface area contributed by atoms with Crippen LogP contribution in [0.4, 0.5) is 0 Å². The van der Waals surface area contributed by atoms with Gasteiger partial charge in [0, 0.05) is 22.4 Å². The zero-order chi connectivity index (χ0) is 18.9. The van der Waals surface area contributed by atoms with E-state index in [0.717, 1.165) is 54.0 Å².